The van der Waals surface area contributed by atoms with Crippen LogP contribution in [0.4, 0.5) is 5.69 Å². The molecule has 1 atom stereocenters. The summed E-state index contributed by atoms with van der Waals surface area (Å²) in [5, 5.41) is 0. The number of anilines is 1. The molecule has 4 nitrogen and oxygen atoms in total. The molecule has 26 heavy (non-hydrogen) atoms. The van der Waals surface area contributed by atoms with Gasteiger partial charge in [0, 0.05) is 32.4 Å². The molecule has 0 spiro atoms. The topological polar surface area (TPSA) is 32.8 Å². The Bertz CT molecular complexity index is 772. The molecular formula is C22H28N2O2. The molecule has 0 saturated carbocycles. The van der Waals surface area contributed by atoms with Crippen LogP contribution in [0.15, 0.2) is 48.5 Å². The lowest BCUT2D eigenvalue weighted by Crippen LogP contribution is -2.41. The minimum absolute atomic E-state index is 0.0325. The SMILES string of the molecule is CC(Oc1cccc(C(C)C)c1)C(=O)N1CCN(C)c2ccccc2C1. The van der Waals surface area contributed by atoms with Crippen LogP contribution in [-0.2, 0) is 11.3 Å². The zero-order valence-corrected chi connectivity index (χ0v) is 16.1. The Morgan fingerprint density at radius 2 is 1.81 bits per heavy atom. The maximum atomic E-state index is 13.0. The lowest BCUT2D eigenvalue weighted by Gasteiger charge is -2.25. The molecule has 0 aromatic heterocycles. The Balaban J connectivity index is 1.72. The van der Waals surface area contributed by atoms with E-state index >= 15 is 0 Å². The van der Waals surface area contributed by atoms with Crippen molar-refractivity contribution in [2.75, 3.05) is 25.0 Å². The number of para-hydroxylation sites is 1. The standard InChI is InChI=1S/C22H28N2O2/c1-16(2)18-9-7-10-20(14-18)26-17(3)22(25)24-13-12-23(4)21-11-6-5-8-19(21)15-24/h5-11,14,16-17H,12-13,15H2,1-4H3. The molecule has 4 heteroatoms. The minimum atomic E-state index is -0.506. The zero-order valence-electron chi connectivity index (χ0n) is 16.1. The van der Waals surface area contributed by atoms with Crippen molar-refractivity contribution in [1.29, 1.82) is 0 Å². The average Bonchev–Trinajstić information content (AvgIpc) is 2.80. The van der Waals surface area contributed by atoms with Crippen LogP contribution in [0.1, 0.15) is 37.8 Å². The molecule has 3 rings (SSSR count). The van der Waals surface area contributed by atoms with Crippen molar-refractivity contribution >= 4 is 11.6 Å². The smallest absolute Gasteiger partial charge is 0.263 e. The first-order chi connectivity index (χ1) is 12.5. The molecule has 1 amide bonds. The number of ether oxygens (including phenoxy) is 1. The molecule has 0 fully saturated rings. The Labute approximate surface area is 156 Å². The van der Waals surface area contributed by atoms with Gasteiger partial charge in [0.2, 0.25) is 0 Å². The van der Waals surface area contributed by atoms with Crippen LogP contribution in [-0.4, -0.2) is 37.0 Å². The van der Waals surface area contributed by atoms with E-state index in [1.165, 1.54) is 16.8 Å². The first kappa shape index (κ1) is 18.3. The van der Waals surface area contributed by atoms with Crippen molar-refractivity contribution in [2.24, 2.45) is 0 Å². The van der Waals surface area contributed by atoms with E-state index in [9.17, 15) is 4.79 Å². The van der Waals surface area contributed by atoms with Gasteiger partial charge in [-0.3, -0.25) is 4.79 Å². The number of nitrogens with zero attached hydrogens (tertiary/aromatic N) is 2. The molecule has 2 aromatic rings. The van der Waals surface area contributed by atoms with E-state index in [0.717, 1.165) is 12.3 Å². The summed E-state index contributed by atoms with van der Waals surface area (Å²) in [5.74, 6) is 1.22. The average molecular weight is 352 g/mol. The summed E-state index contributed by atoms with van der Waals surface area (Å²) >= 11 is 0. The predicted molar refractivity (Wildman–Crippen MR) is 106 cm³/mol. The van der Waals surface area contributed by atoms with E-state index in [0.29, 0.717) is 19.0 Å². The van der Waals surface area contributed by atoms with Crippen molar-refractivity contribution in [3.63, 3.8) is 0 Å². The largest absolute Gasteiger partial charge is 0.481 e. The van der Waals surface area contributed by atoms with Gasteiger partial charge >= 0.3 is 0 Å². The summed E-state index contributed by atoms with van der Waals surface area (Å²) in [6.07, 6.45) is -0.506. The van der Waals surface area contributed by atoms with Gasteiger partial charge in [0.25, 0.3) is 5.91 Å². The Morgan fingerprint density at radius 1 is 1.04 bits per heavy atom. The molecule has 1 aliphatic heterocycles. The van der Waals surface area contributed by atoms with Gasteiger partial charge in [0.05, 0.1) is 0 Å². The highest BCUT2D eigenvalue weighted by atomic mass is 16.5. The number of fused-ring (bicyclic) bond motifs is 1. The van der Waals surface area contributed by atoms with Crippen molar-refractivity contribution in [2.45, 2.75) is 39.3 Å². The van der Waals surface area contributed by atoms with E-state index < -0.39 is 6.10 Å². The summed E-state index contributed by atoms with van der Waals surface area (Å²) in [6, 6.07) is 16.3. The third-order valence-corrected chi connectivity index (χ3v) is 4.97. The molecule has 0 N–H and O–H groups in total. The van der Waals surface area contributed by atoms with Crippen LogP contribution in [0.5, 0.6) is 5.75 Å². The van der Waals surface area contributed by atoms with Crippen molar-refractivity contribution in [1.82, 2.24) is 4.90 Å². The monoisotopic (exact) mass is 352 g/mol. The van der Waals surface area contributed by atoms with Crippen molar-refractivity contribution < 1.29 is 9.53 Å². The molecule has 0 saturated heterocycles. The number of amides is 1. The first-order valence-electron chi connectivity index (χ1n) is 9.30. The fourth-order valence-electron chi connectivity index (χ4n) is 3.34. The summed E-state index contributed by atoms with van der Waals surface area (Å²) in [6.45, 7) is 8.28. The van der Waals surface area contributed by atoms with Gasteiger partial charge in [0.15, 0.2) is 6.10 Å². The molecule has 1 unspecified atom stereocenters. The van der Waals surface area contributed by atoms with Gasteiger partial charge in [-0.2, -0.15) is 0 Å². The third kappa shape index (κ3) is 4.01. The van der Waals surface area contributed by atoms with E-state index in [-0.39, 0.29) is 5.91 Å². The number of carbonyl (C=O) groups excluding carboxylic acids is 1. The van der Waals surface area contributed by atoms with Gasteiger partial charge in [-0.15, -0.1) is 0 Å². The first-order valence-corrected chi connectivity index (χ1v) is 9.30. The molecule has 0 bridgehead atoms. The number of hydrogen-bond acceptors (Lipinski definition) is 3. The fraction of sp³-hybridized carbons (Fsp3) is 0.409. The minimum Gasteiger partial charge on any atom is -0.481 e. The normalized spacial score (nSPS) is 15.4. The summed E-state index contributed by atoms with van der Waals surface area (Å²) in [4.78, 5) is 17.1. The molecule has 2 aromatic carbocycles. The zero-order chi connectivity index (χ0) is 18.7. The highest BCUT2D eigenvalue weighted by Crippen LogP contribution is 2.25. The van der Waals surface area contributed by atoms with Crippen LogP contribution < -0.4 is 9.64 Å². The van der Waals surface area contributed by atoms with Crippen molar-refractivity contribution in [3.8, 4) is 5.75 Å². The maximum Gasteiger partial charge on any atom is 0.263 e. The van der Waals surface area contributed by atoms with E-state index in [1.54, 1.807) is 0 Å². The second-order valence-corrected chi connectivity index (χ2v) is 7.30. The van der Waals surface area contributed by atoms with Crippen LogP contribution >= 0.6 is 0 Å². The molecule has 1 heterocycles. The highest BCUT2D eigenvalue weighted by molar-refractivity contribution is 5.81. The van der Waals surface area contributed by atoms with E-state index in [4.69, 9.17) is 4.74 Å². The summed E-state index contributed by atoms with van der Waals surface area (Å²) in [5.41, 5.74) is 3.59. The van der Waals surface area contributed by atoms with Crippen LogP contribution in [0.3, 0.4) is 0 Å². The van der Waals surface area contributed by atoms with Crippen molar-refractivity contribution in [3.05, 3.63) is 59.7 Å². The molecule has 1 aliphatic rings. The number of benzene rings is 2. The van der Waals surface area contributed by atoms with Crippen LogP contribution in [0.25, 0.3) is 0 Å². The third-order valence-electron chi connectivity index (χ3n) is 4.97. The molecule has 0 radical (unpaired) electrons. The van der Waals surface area contributed by atoms with E-state index in [2.05, 4.69) is 44.0 Å². The number of carbonyl (C=O) groups is 1. The number of hydrogen-bond donors (Lipinski definition) is 0. The second-order valence-electron chi connectivity index (χ2n) is 7.30. The predicted octanol–water partition coefficient (Wildman–Crippen LogP) is 4.06. The number of likely N-dealkylation sites (N-methyl/N-ethyl adjacent to an activating group) is 1. The van der Waals surface area contributed by atoms with Gasteiger partial charge in [0.1, 0.15) is 5.75 Å². The van der Waals surface area contributed by atoms with Crippen LogP contribution in [0.2, 0.25) is 0 Å². The second kappa shape index (κ2) is 7.81. The van der Waals surface area contributed by atoms with Crippen LogP contribution in [0, 0.1) is 0 Å². The lowest BCUT2D eigenvalue weighted by atomic mass is 10.0. The summed E-state index contributed by atoms with van der Waals surface area (Å²) in [7, 11) is 2.07. The van der Waals surface area contributed by atoms with Gasteiger partial charge in [-0.25, -0.2) is 0 Å². The quantitative estimate of drug-likeness (QED) is 0.832. The molecule has 138 valence electrons. The Kier molecular flexibility index (Phi) is 5.50. The number of rotatable bonds is 4. The Morgan fingerprint density at radius 3 is 2.58 bits per heavy atom. The van der Waals surface area contributed by atoms with E-state index in [1.807, 2.05) is 42.2 Å². The maximum absolute atomic E-state index is 13.0. The van der Waals surface area contributed by atoms with Gasteiger partial charge in [-0.1, -0.05) is 44.2 Å². The molecule has 0 aliphatic carbocycles. The molecular weight excluding hydrogens is 324 g/mol. The van der Waals surface area contributed by atoms with Gasteiger partial charge < -0.3 is 14.5 Å². The summed E-state index contributed by atoms with van der Waals surface area (Å²) < 4.78 is 5.97. The highest BCUT2D eigenvalue weighted by Gasteiger charge is 2.26. The fourth-order valence-corrected chi connectivity index (χ4v) is 3.34. The van der Waals surface area contributed by atoms with Gasteiger partial charge in [-0.05, 0) is 42.2 Å². The Hall–Kier alpha value is -2.49. The lowest BCUT2D eigenvalue weighted by molar-refractivity contribution is -0.138.